The van der Waals surface area contributed by atoms with Crippen molar-refractivity contribution in [1.29, 1.82) is 0 Å². The molecule has 0 saturated heterocycles. The Morgan fingerprint density at radius 3 is 2.62 bits per heavy atom. The van der Waals surface area contributed by atoms with Crippen LogP contribution in [0, 0.1) is 0 Å². The molecule has 3 aromatic carbocycles. The molecule has 0 spiro atoms. The van der Waals surface area contributed by atoms with E-state index in [4.69, 9.17) is 4.74 Å². The summed E-state index contributed by atoms with van der Waals surface area (Å²) in [6.45, 7) is 0.808. The lowest BCUT2D eigenvalue weighted by Crippen LogP contribution is -2.11. The summed E-state index contributed by atoms with van der Waals surface area (Å²) in [6, 6.07) is 23.7. The lowest BCUT2D eigenvalue weighted by atomic mass is 10.1. The Bertz CT molecular complexity index is 781. The van der Waals surface area contributed by atoms with Crippen LogP contribution in [0.4, 0.5) is 0 Å². The van der Waals surface area contributed by atoms with Gasteiger partial charge in [-0.1, -0.05) is 48.5 Å². The first-order chi connectivity index (χ1) is 10.4. The van der Waals surface area contributed by atoms with E-state index < -0.39 is 0 Å². The Kier molecular flexibility index (Phi) is 3.32. The van der Waals surface area contributed by atoms with Gasteiger partial charge in [-0.05, 0) is 35.4 Å². The first kappa shape index (κ1) is 12.8. The average Bonchev–Trinajstić information content (AvgIpc) is 2.55. The van der Waals surface area contributed by atoms with E-state index in [0.29, 0.717) is 5.25 Å². The summed E-state index contributed by atoms with van der Waals surface area (Å²) in [6.07, 6.45) is 1.06. The second kappa shape index (κ2) is 5.45. The SMILES string of the molecule is c1ccc2c(c1)OCCC2Sc1ccc2ccccc2c1. The van der Waals surface area contributed by atoms with Gasteiger partial charge in [-0.3, -0.25) is 0 Å². The fraction of sp³-hybridized carbons (Fsp3) is 0.158. The molecule has 0 aromatic heterocycles. The highest BCUT2D eigenvalue weighted by molar-refractivity contribution is 7.99. The molecule has 21 heavy (non-hydrogen) atoms. The van der Waals surface area contributed by atoms with Crippen LogP contribution < -0.4 is 4.74 Å². The van der Waals surface area contributed by atoms with E-state index in [1.165, 1.54) is 21.2 Å². The first-order valence-electron chi connectivity index (χ1n) is 7.27. The van der Waals surface area contributed by atoms with Crippen LogP contribution in [-0.2, 0) is 0 Å². The van der Waals surface area contributed by atoms with Crippen molar-refractivity contribution < 1.29 is 4.74 Å². The molecule has 4 rings (SSSR count). The van der Waals surface area contributed by atoms with Gasteiger partial charge < -0.3 is 4.74 Å². The zero-order valence-electron chi connectivity index (χ0n) is 11.7. The van der Waals surface area contributed by atoms with Crippen LogP contribution >= 0.6 is 11.8 Å². The third-order valence-electron chi connectivity index (χ3n) is 3.90. The topological polar surface area (TPSA) is 9.23 Å². The number of hydrogen-bond donors (Lipinski definition) is 0. The second-order valence-corrected chi connectivity index (χ2v) is 6.57. The molecule has 1 unspecified atom stereocenters. The number of rotatable bonds is 2. The van der Waals surface area contributed by atoms with Crippen LogP contribution in [0.2, 0.25) is 0 Å². The van der Waals surface area contributed by atoms with Gasteiger partial charge in [0.05, 0.1) is 6.61 Å². The van der Waals surface area contributed by atoms with Crippen molar-refractivity contribution in [2.75, 3.05) is 6.61 Å². The van der Waals surface area contributed by atoms with Gasteiger partial charge in [0.2, 0.25) is 0 Å². The van der Waals surface area contributed by atoms with Gasteiger partial charge in [0.25, 0.3) is 0 Å². The molecule has 0 amide bonds. The fourth-order valence-corrected chi connectivity index (χ4v) is 4.04. The van der Waals surface area contributed by atoms with Gasteiger partial charge in [0.15, 0.2) is 0 Å². The number of benzene rings is 3. The lowest BCUT2D eigenvalue weighted by molar-refractivity contribution is 0.286. The first-order valence-corrected chi connectivity index (χ1v) is 8.15. The molecule has 0 N–H and O–H groups in total. The van der Waals surface area contributed by atoms with E-state index in [2.05, 4.69) is 60.7 Å². The van der Waals surface area contributed by atoms with Gasteiger partial charge in [0.1, 0.15) is 5.75 Å². The van der Waals surface area contributed by atoms with Crippen LogP contribution in [0.25, 0.3) is 10.8 Å². The Labute approximate surface area is 128 Å². The van der Waals surface area contributed by atoms with Crippen molar-refractivity contribution in [3.05, 3.63) is 72.3 Å². The smallest absolute Gasteiger partial charge is 0.123 e. The molecule has 104 valence electrons. The maximum atomic E-state index is 5.75. The van der Waals surface area contributed by atoms with Gasteiger partial charge in [-0.2, -0.15) is 0 Å². The zero-order valence-corrected chi connectivity index (χ0v) is 12.5. The van der Waals surface area contributed by atoms with Gasteiger partial charge in [0, 0.05) is 15.7 Å². The number of ether oxygens (including phenoxy) is 1. The van der Waals surface area contributed by atoms with E-state index in [-0.39, 0.29) is 0 Å². The molecule has 0 bridgehead atoms. The van der Waals surface area contributed by atoms with Crippen molar-refractivity contribution in [1.82, 2.24) is 0 Å². The molecule has 0 radical (unpaired) electrons. The van der Waals surface area contributed by atoms with Crippen LogP contribution in [0.3, 0.4) is 0 Å². The minimum absolute atomic E-state index is 0.483. The van der Waals surface area contributed by atoms with Crippen molar-refractivity contribution in [2.24, 2.45) is 0 Å². The van der Waals surface area contributed by atoms with Crippen LogP contribution in [0.5, 0.6) is 5.75 Å². The summed E-state index contributed by atoms with van der Waals surface area (Å²) in [4.78, 5) is 1.33. The molecule has 0 fully saturated rings. The number of fused-ring (bicyclic) bond motifs is 2. The quantitative estimate of drug-likeness (QED) is 0.620. The largest absolute Gasteiger partial charge is 0.493 e. The van der Waals surface area contributed by atoms with Crippen molar-refractivity contribution >= 4 is 22.5 Å². The summed E-state index contributed by atoms with van der Waals surface area (Å²) in [5.41, 5.74) is 1.32. The van der Waals surface area contributed by atoms with E-state index >= 15 is 0 Å². The molecule has 1 nitrogen and oxygen atoms in total. The lowest BCUT2D eigenvalue weighted by Gasteiger charge is -2.25. The Hall–Kier alpha value is -1.93. The second-order valence-electron chi connectivity index (χ2n) is 5.29. The third-order valence-corrected chi connectivity index (χ3v) is 5.20. The van der Waals surface area contributed by atoms with Gasteiger partial charge in [-0.15, -0.1) is 11.8 Å². The predicted octanol–water partition coefficient (Wildman–Crippen LogP) is 5.46. The third kappa shape index (κ3) is 2.52. The molecular formula is C19H16OS. The van der Waals surface area contributed by atoms with E-state index in [0.717, 1.165) is 18.8 Å². The van der Waals surface area contributed by atoms with Crippen molar-refractivity contribution in [3.63, 3.8) is 0 Å². The Morgan fingerprint density at radius 1 is 0.857 bits per heavy atom. The summed E-state index contributed by atoms with van der Waals surface area (Å²) in [7, 11) is 0. The van der Waals surface area contributed by atoms with Crippen molar-refractivity contribution in [3.8, 4) is 5.75 Å². The predicted molar refractivity (Wildman–Crippen MR) is 89.1 cm³/mol. The standard InChI is InChI=1S/C19H16OS/c1-2-6-15-13-16(10-9-14(15)5-1)21-19-11-12-20-18-8-4-3-7-17(18)19/h1-10,13,19H,11-12H2. The number of para-hydroxylation sites is 1. The monoisotopic (exact) mass is 292 g/mol. The molecule has 1 heterocycles. The Balaban J connectivity index is 1.66. The number of thioether (sulfide) groups is 1. The normalized spacial score (nSPS) is 17.2. The molecular weight excluding hydrogens is 276 g/mol. The fourth-order valence-electron chi connectivity index (χ4n) is 2.84. The van der Waals surface area contributed by atoms with E-state index in [1.807, 2.05) is 17.8 Å². The molecule has 1 atom stereocenters. The summed E-state index contributed by atoms with van der Waals surface area (Å²) in [5, 5.41) is 3.09. The van der Waals surface area contributed by atoms with E-state index in [9.17, 15) is 0 Å². The van der Waals surface area contributed by atoms with Gasteiger partial charge in [-0.25, -0.2) is 0 Å². The maximum absolute atomic E-state index is 5.75. The zero-order chi connectivity index (χ0) is 14.1. The maximum Gasteiger partial charge on any atom is 0.123 e. The van der Waals surface area contributed by atoms with Gasteiger partial charge >= 0.3 is 0 Å². The minimum Gasteiger partial charge on any atom is -0.493 e. The molecule has 0 aliphatic carbocycles. The highest BCUT2D eigenvalue weighted by atomic mass is 32.2. The van der Waals surface area contributed by atoms with Crippen LogP contribution in [0.15, 0.2) is 71.6 Å². The Morgan fingerprint density at radius 2 is 1.67 bits per heavy atom. The number of hydrogen-bond acceptors (Lipinski definition) is 2. The highest BCUT2D eigenvalue weighted by Gasteiger charge is 2.21. The highest BCUT2D eigenvalue weighted by Crippen LogP contribution is 2.44. The molecule has 3 aromatic rings. The molecule has 1 aliphatic rings. The van der Waals surface area contributed by atoms with Crippen LogP contribution in [-0.4, -0.2) is 6.61 Å². The summed E-state index contributed by atoms with van der Waals surface area (Å²) >= 11 is 1.94. The molecule has 1 aliphatic heterocycles. The van der Waals surface area contributed by atoms with Crippen molar-refractivity contribution in [2.45, 2.75) is 16.6 Å². The van der Waals surface area contributed by atoms with Crippen LogP contribution in [0.1, 0.15) is 17.2 Å². The summed E-state index contributed by atoms with van der Waals surface area (Å²) in [5.74, 6) is 1.04. The molecule has 2 heteroatoms. The average molecular weight is 292 g/mol. The van der Waals surface area contributed by atoms with E-state index in [1.54, 1.807) is 0 Å². The minimum atomic E-state index is 0.483. The molecule has 0 saturated carbocycles. The summed E-state index contributed by atoms with van der Waals surface area (Å²) < 4.78 is 5.75.